The average Bonchev–Trinajstić information content (AvgIpc) is 3.07. The molecule has 1 saturated heterocycles. The number of aromatic amines is 1. The van der Waals surface area contributed by atoms with E-state index < -0.39 is 0 Å². The van der Waals surface area contributed by atoms with Gasteiger partial charge in [-0.15, -0.1) is 0 Å². The number of nitrogens with one attached hydrogen (secondary N) is 2. The molecule has 1 aliphatic heterocycles. The molecule has 1 atom stereocenters. The fraction of sp³-hybridized carbons (Fsp3) is 0.474. The van der Waals surface area contributed by atoms with E-state index in [1.165, 1.54) is 0 Å². The summed E-state index contributed by atoms with van der Waals surface area (Å²) in [6, 6.07) is 6.13. The number of aromatic nitrogens is 1. The number of pyridine rings is 1. The topological polar surface area (TPSA) is 57.4 Å². The summed E-state index contributed by atoms with van der Waals surface area (Å²) in [5.41, 5.74) is 3.84. The van der Waals surface area contributed by atoms with Crippen LogP contribution >= 0.6 is 12.2 Å². The molecule has 1 aliphatic rings. The van der Waals surface area contributed by atoms with Crippen molar-refractivity contribution in [2.75, 3.05) is 20.2 Å². The number of ether oxygens (including phenoxy) is 1. The van der Waals surface area contributed by atoms with Gasteiger partial charge >= 0.3 is 0 Å². The molecule has 1 unspecified atom stereocenters. The smallest absolute Gasteiger partial charge is 0.253 e. The van der Waals surface area contributed by atoms with Crippen LogP contribution in [-0.4, -0.2) is 41.3 Å². The third kappa shape index (κ3) is 4.02. The van der Waals surface area contributed by atoms with E-state index in [4.69, 9.17) is 17.0 Å². The van der Waals surface area contributed by atoms with Crippen molar-refractivity contribution >= 4 is 28.2 Å². The Kier molecular flexibility index (Phi) is 5.39. The van der Waals surface area contributed by atoms with Crippen molar-refractivity contribution in [3.63, 3.8) is 0 Å². The first-order valence-electron chi connectivity index (χ1n) is 8.69. The summed E-state index contributed by atoms with van der Waals surface area (Å²) in [5.74, 6) is 0. The van der Waals surface area contributed by atoms with E-state index in [1.807, 2.05) is 31.0 Å². The summed E-state index contributed by atoms with van der Waals surface area (Å²) in [7, 11) is 1.81. The molecule has 3 rings (SSSR count). The Balaban J connectivity index is 1.91. The van der Waals surface area contributed by atoms with E-state index in [2.05, 4.69) is 23.3 Å². The van der Waals surface area contributed by atoms with Gasteiger partial charge in [0, 0.05) is 36.7 Å². The Morgan fingerprint density at radius 1 is 1.40 bits per heavy atom. The molecule has 0 amide bonds. The van der Waals surface area contributed by atoms with Gasteiger partial charge in [-0.2, -0.15) is 0 Å². The summed E-state index contributed by atoms with van der Waals surface area (Å²) in [6.45, 7) is 6.08. The van der Waals surface area contributed by atoms with Crippen molar-refractivity contribution in [1.29, 1.82) is 0 Å². The molecule has 134 valence electrons. The number of benzene rings is 1. The van der Waals surface area contributed by atoms with Gasteiger partial charge in [0.1, 0.15) is 0 Å². The minimum atomic E-state index is -0.0613. The maximum atomic E-state index is 12.6. The molecule has 0 bridgehead atoms. The summed E-state index contributed by atoms with van der Waals surface area (Å²) in [6.07, 6.45) is 2.30. The van der Waals surface area contributed by atoms with E-state index in [0.717, 1.165) is 47.0 Å². The molecule has 2 aromatic rings. The summed E-state index contributed by atoms with van der Waals surface area (Å²) in [4.78, 5) is 17.6. The molecule has 1 aromatic carbocycles. The summed E-state index contributed by atoms with van der Waals surface area (Å²) < 4.78 is 5.73. The second-order valence-corrected chi connectivity index (χ2v) is 7.12. The lowest BCUT2D eigenvalue weighted by Crippen LogP contribution is -2.42. The minimum Gasteiger partial charge on any atom is -0.376 e. The Labute approximate surface area is 153 Å². The molecule has 2 heterocycles. The normalized spacial score (nSPS) is 17.0. The molecule has 1 aromatic heterocycles. The van der Waals surface area contributed by atoms with Gasteiger partial charge in [-0.1, -0.05) is 6.07 Å². The first kappa shape index (κ1) is 17.9. The number of thiocarbonyl (C=S) groups is 1. The second kappa shape index (κ2) is 7.54. The number of rotatable bonds is 4. The van der Waals surface area contributed by atoms with Crippen LogP contribution in [-0.2, 0) is 11.3 Å². The van der Waals surface area contributed by atoms with Crippen molar-refractivity contribution < 1.29 is 4.74 Å². The molecule has 25 heavy (non-hydrogen) atoms. The Morgan fingerprint density at radius 2 is 2.20 bits per heavy atom. The van der Waals surface area contributed by atoms with Crippen molar-refractivity contribution in [2.45, 2.75) is 39.3 Å². The fourth-order valence-electron chi connectivity index (χ4n) is 3.45. The van der Waals surface area contributed by atoms with Crippen LogP contribution in [0.1, 0.15) is 29.5 Å². The maximum Gasteiger partial charge on any atom is 0.253 e. The zero-order valence-corrected chi connectivity index (χ0v) is 15.8. The van der Waals surface area contributed by atoms with Gasteiger partial charge in [0.2, 0.25) is 0 Å². The first-order valence-corrected chi connectivity index (χ1v) is 9.10. The van der Waals surface area contributed by atoms with Gasteiger partial charge in [-0.05, 0) is 62.2 Å². The lowest BCUT2D eigenvalue weighted by atomic mass is 10.0. The number of H-pyrrole nitrogens is 1. The highest BCUT2D eigenvalue weighted by Crippen LogP contribution is 2.20. The van der Waals surface area contributed by atoms with Gasteiger partial charge < -0.3 is 19.9 Å². The molecule has 0 saturated carbocycles. The van der Waals surface area contributed by atoms with Crippen LogP contribution in [0.15, 0.2) is 23.0 Å². The SMILES string of the molecule is CNC(=S)N(Cc1cc2c(C)cc(C)cc2[nH]c1=O)CC1CCCO1. The van der Waals surface area contributed by atoms with Crippen molar-refractivity contribution in [1.82, 2.24) is 15.2 Å². The van der Waals surface area contributed by atoms with Gasteiger partial charge in [0.15, 0.2) is 5.11 Å². The van der Waals surface area contributed by atoms with Gasteiger partial charge in [0.05, 0.1) is 12.6 Å². The van der Waals surface area contributed by atoms with E-state index in [0.29, 0.717) is 18.2 Å². The van der Waals surface area contributed by atoms with Crippen molar-refractivity contribution in [3.8, 4) is 0 Å². The van der Waals surface area contributed by atoms with E-state index in [1.54, 1.807) is 0 Å². The van der Waals surface area contributed by atoms with Crippen molar-refractivity contribution in [2.24, 2.45) is 0 Å². The van der Waals surface area contributed by atoms with Crippen LogP contribution in [0.4, 0.5) is 0 Å². The van der Waals surface area contributed by atoms with Gasteiger partial charge in [-0.25, -0.2) is 0 Å². The predicted octanol–water partition coefficient (Wildman–Crippen LogP) is 2.63. The number of hydrogen-bond donors (Lipinski definition) is 2. The monoisotopic (exact) mass is 359 g/mol. The fourth-order valence-corrected chi connectivity index (χ4v) is 3.59. The van der Waals surface area contributed by atoms with Crippen LogP contribution < -0.4 is 10.9 Å². The Bertz CT molecular complexity index is 840. The molecule has 0 radical (unpaired) electrons. The third-order valence-electron chi connectivity index (χ3n) is 4.70. The quantitative estimate of drug-likeness (QED) is 0.822. The summed E-state index contributed by atoms with van der Waals surface area (Å²) >= 11 is 5.44. The van der Waals surface area contributed by atoms with Crippen LogP contribution in [0, 0.1) is 13.8 Å². The van der Waals surface area contributed by atoms with E-state index >= 15 is 0 Å². The van der Waals surface area contributed by atoms with Gasteiger partial charge in [-0.3, -0.25) is 4.79 Å². The van der Waals surface area contributed by atoms with Gasteiger partial charge in [0.25, 0.3) is 5.56 Å². The lowest BCUT2D eigenvalue weighted by Gasteiger charge is -2.27. The molecule has 0 aliphatic carbocycles. The molecule has 6 heteroatoms. The Morgan fingerprint density at radius 3 is 2.88 bits per heavy atom. The molecular formula is C19H25N3O2S. The highest BCUT2D eigenvalue weighted by atomic mass is 32.1. The van der Waals surface area contributed by atoms with E-state index in [9.17, 15) is 4.79 Å². The van der Waals surface area contributed by atoms with Crippen LogP contribution in [0.3, 0.4) is 0 Å². The largest absolute Gasteiger partial charge is 0.376 e. The molecule has 0 spiro atoms. The second-order valence-electron chi connectivity index (χ2n) is 6.74. The molecule has 1 fully saturated rings. The average molecular weight is 359 g/mol. The Hall–Kier alpha value is -1.92. The number of aryl methyl sites for hydroxylation is 2. The highest BCUT2D eigenvalue weighted by molar-refractivity contribution is 7.80. The van der Waals surface area contributed by atoms with Crippen LogP contribution in [0.2, 0.25) is 0 Å². The standard InChI is InChI=1S/C19H25N3O2S/c1-12-7-13(2)16-9-14(18(23)21-17(16)8-12)10-22(19(25)20-3)11-15-5-4-6-24-15/h7-9,15H,4-6,10-11H2,1-3H3,(H,20,25)(H,21,23). The number of fused-ring (bicyclic) bond motifs is 1. The lowest BCUT2D eigenvalue weighted by molar-refractivity contribution is 0.0898. The molecular weight excluding hydrogens is 334 g/mol. The number of nitrogens with zero attached hydrogens (tertiary/aromatic N) is 1. The maximum absolute atomic E-state index is 12.6. The summed E-state index contributed by atoms with van der Waals surface area (Å²) in [5, 5.41) is 4.74. The van der Waals surface area contributed by atoms with Crippen molar-refractivity contribution in [3.05, 3.63) is 45.2 Å². The van der Waals surface area contributed by atoms with Crippen LogP contribution in [0.5, 0.6) is 0 Å². The third-order valence-corrected chi connectivity index (χ3v) is 5.16. The molecule has 5 nitrogen and oxygen atoms in total. The van der Waals surface area contributed by atoms with E-state index in [-0.39, 0.29) is 11.7 Å². The highest BCUT2D eigenvalue weighted by Gasteiger charge is 2.21. The van der Waals surface area contributed by atoms with Crippen LogP contribution in [0.25, 0.3) is 10.9 Å². The zero-order valence-electron chi connectivity index (χ0n) is 15.0. The zero-order chi connectivity index (χ0) is 18.0. The first-order chi connectivity index (χ1) is 12.0. The minimum absolute atomic E-state index is 0.0613. The number of hydrogen-bond acceptors (Lipinski definition) is 3. The predicted molar refractivity (Wildman–Crippen MR) is 105 cm³/mol. The molecule has 2 N–H and O–H groups in total.